The van der Waals surface area contributed by atoms with Crippen LogP contribution in [0.3, 0.4) is 0 Å². The zero-order valence-electron chi connectivity index (χ0n) is 12.9. The summed E-state index contributed by atoms with van der Waals surface area (Å²) in [5.41, 5.74) is 0.811. The molecule has 0 aromatic rings. The van der Waals surface area contributed by atoms with Gasteiger partial charge in [0.2, 0.25) is 6.41 Å². The molecule has 2 N–H and O–H groups in total. The first-order valence-electron chi connectivity index (χ1n) is 7.21. The van der Waals surface area contributed by atoms with Crippen molar-refractivity contribution in [1.29, 1.82) is 0 Å². The molecule has 0 aromatic heterocycles. The first-order valence-corrected chi connectivity index (χ1v) is 7.21. The molecule has 7 nitrogen and oxygen atoms in total. The van der Waals surface area contributed by atoms with Gasteiger partial charge >= 0.3 is 0 Å². The Balaban J connectivity index is 3.14. The summed E-state index contributed by atoms with van der Waals surface area (Å²) in [6.45, 7) is 11.5. The van der Waals surface area contributed by atoms with Crippen molar-refractivity contribution < 1.29 is 23.7 Å². The minimum absolute atomic E-state index is 0.439. The van der Waals surface area contributed by atoms with E-state index in [2.05, 4.69) is 17.2 Å². The first kappa shape index (κ1) is 19.9. The number of hydrogen-bond donors (Lipinski definition) is 2. The van der Waals surface area contributed by atoms with E-state index in [1.165, 1.54) is 0 Å². The van der Waals surface area contributed by atoms with Crippen molar-refractivity contribution in [1.82, 2.24) is 10.6 Å². The van der Waals surface area contributed by atoms with E-state index in [0.29, 0.717) is 72.4 Å². The van der Waals surface area contributed by atoms with Gasteiger partial charge in [-0.2, -0.15) is 0 Å². The number of rotatable bonds is 17. The Morgan fingerprint density at radius 3 is 2.24 bits per heavy atom. The third kappa shape index (κ3) is 16.8. The van der Waals surface area contributed by atoms with Crippen LogP contribution in [0, 0.1) is 0 Å². The number of ether oxygens (including phenoxy) is 4. The molecule has 0 bridgehead atoms. The highest BCUT2D eigenvalue weighted by atomic mass is 16.5. The fourth-order valence-electron chi connectivity index (χ4n) is 1.32. The molecule has 0 aliphatic heterocycles. The predicted molar refractivity (Wildman–Crippen MR) is 80.2 cm³/mol. The average Bonchev–Trinajstić information content (AvgIpc) is 2.49. The highest BCUT2D eigenvalue weighted by Crippen LogP contribution is 1.87. The van der Waals surface area contributed by atoms with Gasteiger partial charge in [0.15, 0.2) is 0 Å². The molecule has 0 radical (unpaired) electrons. The lowest BCUT2D eigenvalue weighted by molar-refractivity contribution is -0.109. The van der Waals surface area contributed by atoms with Gasteiger partial charge in [0, 0.05) is 25.4 Å². The molecule has 0 heterocycles. The topological polar surface area (TPSA) is 78.1 Å². The van der Waals surface area contributed by atoms with Crippen LogP contribution < -0.4 is 10.6 Å². The molecule has 124 valence electrons. The van der Waals surface area contributed by atoms with Crippen LogP contribution in [0.5, 0.6) is 0 Å². The van der Waals surface area contributed by atoms with Crippen LogP contribution >= 0.6 is 0 Å². The third-order valence-corrected chi connectivity index (χ3v) is 2.32. The molecule has 0 aliphatic rings. The van der Waals surface area contributed by atoms with Gasteiger partial charge in [-0.3, -0.25) is 4.79 Å². The zero-order chi connectivity index (χ0) is 15.6. The summed E-state index contributed by atoms with van der Waals surface area (Å²) < 4.78 is 21.1. The van der Waals surface area contributed by atoms with Gasteiger partial charge in [-0.1, -0.05) is 6.58 Å². The number of nitrogens with one attached hydrogen (secondary N) is 2. The summed E-state index contributed by atoms with van der Waals surface area (Å²) in [7, 11) is 0. The highest BCUT2D eigenvalue weighted by molar-refractivity contribution is 5.45. The maximum Gasteiger partial charge on any atom is 0.207 e. The molecular formula is C14H28N2O5. The highest BCUT2D eigenvalue weighted by Gasteiger charge is 1.95. The fourth-order valence-corrected chi connectivity index (χ4v) is 1.32. The second kappa shape index (κ2) is 16.9. The maximum absolute atomic E-state index is 9.97. The van der Waals surface area contributed by atoms with Crippen LogP contribution in [0.1, 0.15) is 6.92 Å². The number of amides is 1. The Morgan fingerprint density at radius 1 is 0.952 bits per heavy atom. The maximum atomic E-state index is 9.97. The van der Waals surface area contributed by atoms with Crippen molar-refractivity contribution in [3.8, 4) is 0 Å². The van der Waals surface area contributed by atoms with Gasteiger partial charge in [-0.25, -0.2) is 0 Å². The Hall–Kier alpha value is -1.15. The van der Waals surface area contributed by atoms with Gasteiger partial charge in [-0.15, -0.1) is 0 Å². The standard InChI is InChI=1S/C14H28N2O5/c1-3-18-8-9-20-7-5-16-14(2)12-21-11-10-19-6-4-15-13-17/h13,16H,2-12H2,1H3,(H,15,17). The normalized spacial score (nSPS) is 10.3. The predicted octanol–water partition coefficient (Wildman–Crippen LogP) is -0.0780. The largest absolute Gasteiger partial charge is 0.385 e. The lowest BCUT2D eigenvalue weighted by Gasteiger charge is -2.11. The molecule has 21 heavy (non-hydrogen) atoms. The Kier molecular flexibility index (Phi) is 16.0. The third-order valence-electron chi connectivity index (χ3n) is 2.32. The lowest BCUT2D eigenvalue weighted by atomic mass is 10.5. The van der Waals surface area contributed by atoms with Crippen LogP contribution in [0.4, 0.5) is 0 Å². The molecule has 0 saturated heterocycles. The minimum atomic E-state index is 0.439. The van der Waals surface area contributed by atoms with Gasteiger partial charge in [-0.05, 0) is 6.92 Å². The lowest BCUT2D eigenvalue weighted by Crippen LogP contribution is -2.23. The van der Waals surface area contributed by atoms with E-state index in [4.69, 9.17) is 18.9 Å². The van der Waals surface area contributed by atoms with Crippen molar-refractivity contribution in [2.45, 2.75) is 6.92 Å². The van der Waals surface area contributed by atoms with Gasteiger partial charge < -0.3 is 29.6 Å². The zero-order valence-corrected chi connectivity index (χ0v) is 12.9. The van der Waals surface area contributed by atoms with Crippen molar-refractivity contribution in [2.75, 3.05) is 65.9 Å². The van der Waals surface area contributed by atoms with Crippen LogP contribution in [-0.4, -0.2) is 72.4 Å². The number of carbonyl (C=O) groups excluding carboxylic acids is 1. The second-order valence-corrected chi connectivity index (χ2v) is 4.08. The van der Waals surface area contributed by atoms with Crippen LogP contribution in [0.2, 0.25) is 0 Å². The quantitative estimate of drug-likeness (QED) is 0.289. The van der Waals surface area contributed by atoms with Crippen LogP contribution in [0.25, 0.3) is 0 Å². The Bertz CT molecular complexity index is 252. The molecule has 0 fully saturated rings. The van der Waals surface area contributed by atoms with E-state index < -0.39 is 0 Å². The molecule has 0 spiro atoms. The molecule has 7 heteroatoms. The minimum Gasteiger partial charge on any atom is -0.385 e. The molecule has 0 aliphatic carbocycles. The molecule has 0 rings (SSSR count). The Morgan fingerprint density at radius 2 is 1.57 bits per heavy atom. The summed E-state index contributed by atoms with van der Waals surface area (Å²) in [5, 5.41) is 5.63. The summed E-state index contributed by atoms with van der Waals surface area (Å²) in [6.07, 6.45) is 0.649. The number of hydrogen-bond acceptors (Lipinski definition) is 6. The summed E-state index contributed by atoms with van der Waals surface area (Å²) >= 11 is 0. The molecule has 0 aromatic carbocycles. The molecular weight excluding hydrogens is 276 g/mol. The van der Waals surface area contributed by atoms with Gasteiger partial charge in [0.05, 0.1) is 46.2 Å². The summed E-state index contributed by atoms with van der Waals surface area (Å²) in [6, 6.07) is 0. The van der Waals surface area contributed by atoms with Gasteiger partial charge in [0.1, 0.15) is 0 Å². The fraction of sp³-hybridized carbons (Fsp3) is 0.786. The Labute approximate surface area is 127 Å². The average molecular weight is 304 g/mol. The van der Waals surface area contributed by atoms with Crippen LogP contribution in [0.15, 0.2) is 12.3 Å². The van der Waals surface area contributed by atoms with E-state index in [0.717, 1.165) is 5.70 Å². The molecule has 0 unspecified atom stereocenters. The van der Waals surface area contributed by atoms with E-state index in [1.807, 2.05) is 6.92 Å². The van der Waals surface area contributed by atoms with Crippen molar-refractivity contribution in [2.24, 2.45) is 0 Å². The second-order valence-electron chi connectivity index (χ2n) is 4.08. The van der Waals surface area contributed by atoms with E-state index >= 15 is 0 Å². The number of carbonyl (C=O) groups is 1. The van der Waals surface area contributed by atoms with Crippen molar-refractivity contribution in [3.05, 3.63) is 12.3 Å². The van der Waals surface area contributed by atoms with Crippen LogP contribution in [-0.2, 0) is 23.7 Å². The molecule has 0 saturated carbocycles. The first-order chi connectivity index (χ1) is 10.3. The van der Waals surface area contributed by atoms with E-state index in [1.54, 1.807) is 0 Å². The summed E-state index contributed by atoms with van der Waals surface area (Å²) in [5.74, 6) is 0. The summed E-state index contributed by atoms with van der Waals surface area (Å²) in [4.78, 5) is 9.97. The van der Waals surface area contributed by atoms with Gasteiger partial charge in [0.25, 0.3) is 0 Å². The van der Waals surface area contributed by atoms with Crippen molar-refractivity contribution >= 4 is 6.41 Å². The van der Waals surface area contributed by atoms with E-state index in [9.17, 15) is 4.79 Å². The van der Waals surface area contributed by atoms with Crippen molar-refractivity contribution in [3.63, 3.8) is 0 Å². The SMILES string of the molecule is C=C(COCCOCCNC=O)NCCOCCOCC. The molecule has 1 amide bonds. The smallest absolute Gasteiger partial charge is 0.207 e. The molecule has 0 atom stereocenters. The van der Waals surface area contributed by atoms with E-state index in [-0.39, 0.29) is 0 Å². The monoisotopic (exact) mass is 304 g/mol.